The second-order valence-corrected chi connectivity index (χ2v) is 6.12. The van der Waals surface area contributed by atoms with E-state index < -0.39 is 0 Å². The predicted molar refractivity (Wildman–Crippen MR) is 76.0 cm³/mol. The molecule has 2 aliphatic rings. The van der Waals surface area contributed by atoms with Gasteiger partial charge >= 0.3 is 0 Å². The lowest BCUT2D eigenvalue weighted by molar-refractivity contribution is 0.0379. The Bertz CT molecular complexity index is 239. The highest BCUT2D eigenvalue weighted by atomic mass is 16.5. The largest absolute Gasteiger partial charge is 0.377 e. The van der Waals surface area contributed by atoms with E-state index in [9.17, 15) is 0 Å². The van der Waals surface area contributed by atoms with Crippen molar-refractivity contribution in [1.82, 2.24) is 10.2 Å². The first-order valence-corrected chi connectivity index (χ1v) is 7.83. The van der Waals surface area contributed by atoms with Crippen LogP contribution in [-0.4, -0.2) is 49.3 Å². The number of rotatable bonds is 4. The van der Waals surface area contributed by atoms with Gasteiger partial charge in [-0.25, -0.2) is 0 Å². The maximum absolute atomic E-state index is 5.70. The van der Waals surface area contributed by atoms with Crippen molar-refractivity contribution >= 4 is 0 Å². The van der Waals surface area contributed by atoms with Gasteiger partial charge in [-0.1, -0.05) is 19.3 Å². The third-order valence-electron chi connectivity index (χ3n) is 4.45. The molecule has 2 fully saturated rings. The fourth-order valence-electron chi connectivity index (χ4n) is 3.64. The Hall–Kier alpha value is -0.120. The molecular weight excluding hydrogens is 224 g/mol. The summed E-state index contributed by atoms with van der Waals surface area (Å²) < 4.78 is 5.70. The second kappa shape index (κ2) is 6.88. The molecule has 3 heteroatoms. The molecule has 18 heavy (non-hydrogen) atoms. The molecule has 1 aliphatic carbocycles. The Morgan fingerprint density at radius 2 is 2.00 bits per heavy atom. The zero-order valence-electron chi connectivity index (χ0n) is 12.2. The molecule has 3 nitrogen and oxygen atoms in total. The number of hydrogen-bond donors (Lipinski definition) is 1. The molecule has 1 atom stereocenters. The fraction of sp³-hybridized carbons (Fsp3) is 1.00. The van der Waals surface area contributed by atoms with Crippen LogP contribution in [0.25, 0.3) is 0 Å². The first-order valence-electron chi connectivity index (χ1n) is 7.83. The monoisotopic (exact) mass is 254 g/mol. The standard InChI is InChI=1S/C15H30N2O/c1-3-18-14(2)12-17-11-7-10-16-15(13-17)8-5-4-6-9-15/h14,16H,3-13H2,1-2H3. The summed E-state index contributed by atoms with van der Waals surface area (Å²) in [4.78, 5) is 2.63. The zero-order chi connectivity index (χ0) is 12.8. The molecule has 1 aliphatic heterocycles. The van der Waals surface area contributed by atoms with Crippen LogP contribution in [0.2, 0.25) is 0 Å². The van der Waals surface area contributed by atoms with Crippen molar-refractivity contribution in [1.29, 1.82) is 0 Å². The van der Waals surface area contributed by atoms with Gasteiger partial charge in [0, 0.05) is 25.2 Å². The van der Waals surface area contributed by atoms with Crippen molar-refractivity contribution in [3.8, 4) is 0 Å². The summed E-state index contributed by atoms with van der Waals surface area (Å²) in [5.74, 6) is 0. The lowest BCUT2D eigenvalue weighted by atomic mass is 9.81. The topological polar surface area (TPSA) is 24.5 Å². The van der Waals surface area contributed by atoms with Gasteiger partial charge in [0.1, 0.15) is 0 Å². The minimum absolute atomic E-state index is 0.369. The first kappa shape index (κ1) is 14.3. The average molecular weight is 254 g/mol. The van der Waals surface area contributed by atoms with Gasteiger partial charge in [0.15, 0.2) is 0 Å². The van der Waals surface area contributed by atoms with Gasteiger partial charge in [-0.2, -0.15) is 0 Å². The molecular formula is C15H30N2O. The van der Waals surface area contributed by atoms with Gasteiger partial charge in [0.05, 0.1) is 6.10 Å². The van der Waals surface area contributed by atoms with Crippen LogP contribution in [0.15, 0.2) is 0 Å². The minimum atomic E-state index is 0.369. The Balaban J connectivity index is 1.90. The molecule has 2 rings (SSSR count). The maximum Gasteiger partial charge on any atom is 0.0673 e. The van der Waals surface area contributed by atoms with Crippen molar-refractivity contribution in [3.63, 3.8) is 0 Å². The van der Waals surface area contributed by atoms with E-state index in [1.54, 1.807) is 0 Å². The number of ether oxygens (including phenoxy) is 1. The summed E-state index contributed by atoms with van der Waals surface area (Å²) in [6.45, 7) is 9.87. The fourth-order valence-corrected chi connectivity index (χ4v) is 3.64. The second-order valence-electron chi connectivity index (χ2n) is 6.12. The summed E-state index contributed by atoms with van der Waals surface area (Å²) in [5, 5.41) is 3.85. The summed E-state index contributed by atoms with van der Waals surface area (Å²) >= 11 is 0. The third kappa shape index (κ3) is 3.94. The van der Waals surface area contributed by atoms with Crippen molar-refractivity contribution in [3.05, 3.63) is 0 Å². The van der Waals surface area contributed by atoms with Gasteiger partial charge < -0.3 is 10.1 Å². The predicted octanol–water partition coefficient (Wildman–Crippen LogP) is 2.41. The summed E-state index contributed by atoms with van der Waals surface area (Å²) in [6, 6.07) is 0. The molecule has 0 radical (unpaired) electrons. The zero-order valence-corrected chi connectivity index (χ0v) is 12.2. The molecule has 1 saturated heterocycles. The van der Waals surface area contributed by atoms with E-state index in [0.717, 1.165) is 13.2 Å². The minimum Gasteiger partial charge on any atom is -0.377 e. The molecule has 1 unspecified atom stereocenters. The van der Waals surface area contributed by atoms with E-state index in [1.807, 2.05) is 0 Å². The molecule has 0 bridgehead atoms. The van der Waals surface area contributed by atoms with Gasteiger partial charge in [-0.15, -0.1) is 0 Å². The average Bonchev–Trinajstić information content (AvgIpc) is 2.53. The lowest BCUT2D eigenvalue weighted by Gasteiger charge is -2.40. The van der Waals surface area contributed by atoms with E-state index in [0.29, 0.717) is 11.6 Å². The van der Waals surface area contributed by atoms with Crippen LogP contribution in [0, 0.1) is 0 Å². The molecule has 0 aromatic carbocycles. The van der Waals surface area contributed by atoms with Crippen molar-refractivity contribution < 1.29 is 4.74 Å². The number of nitrogens with zero attached hydrogens (tertiary/aromatic N) is 1. The van der Waals surface area contributed by atoms with Gasteiger partial charge in [0.2, 0.25) is 0 Å². The Labute approximate surface area is 112 Å². The lowest BCUT2D eigenvalue weighted by Crippen LogP contribution is -2.53. The quantitative estimate of drug-likeness (QED) is 0.834. The van der Waals surface area contributed by atoms with E-state index in [2.05, 4.69) is 24.1 Å². The van der Waals surface area contributed by atoms with Crippen molar-refractivity contribution in [2.45, 2.75) is 64.0 Å². The molecule has 1 saturated carbocycles. The van der Waals surface area contributed by atoms with Crippen LogP contribution in [0.5, 0.6) is 0 Å². The van der Waals surface area contributed by atoms with Gasteiger partial charge in [-0.05, 0) is 46.2 Å². The summed E-state index contributed by atoms with van der Waals surface area (Å²) in [6.07, 6.45) is 8.62. The van der Waals surface area contributed by atoms with Gasteiger partial charge in [-0.3, -0.25) is 4.90 Å². The van der Waals surface area contributed by atoms with Crippen LogP contribution in [0.4, 0.5) is 0 Å². The highest BCUT2D eigenvalue weighted by Crippen LogP contribution is 2.30. The Morgan fingerprint density at radius 3 is 2.72 bits per heavy atom. The maximum atomic E-state index is 5.70. The number of nitrogens with one attached hydrogen (secondary N) is 1. The molecule has 1 heterocycles. The molecule has 1 spiro atoms. The van der Waals surface area contributed by atoms with Gasteiger partial charge in [0.25, 0.3) is 0 Å². The third-order valence-corrected chi connectivity index (χ3v) is 4.45. The molecule has 0 aromatic rings. The van der Waals surface area contributed by atoms with Crippen LogP contribution < -0.4 is 5.32 Å². The SMILES string of the molecule is CCOC(C)CN1CCCNC2(CCCCC2)C1. The van der Waals surface area contributed by atoms with Crippen LogP contribution in [-0.2, 0) is 4.74 Å². The van der Waals surface area contributed by atoms with Crippen LogP contribution in [0.3, 0.4) is 0 Å². The molecule has 1 N–H and O–H groups in total. The normalized spacial score (nSPS) is 27.0. The first-order chi connectivity index (χ1) is 8.74. The smallest absolute Gasteiger partial charge is 0.0673 e. The van der Waals surface area contributed by atoms with E-state index in [-0.39, 0.29) is 0 Å². The van der Waals surface area contributed by atoms with Crippen molar-refractivity contribution in [2.24, 2.45) is 0 Å². The van der Waals surface area contributed by atoms with Crippen LogP contribution in [0.1, 0.15) is 52.4 Å². The highest BCUT2D eigenvalue weighted by Gasteiger charge is 2.34. The summed E-state index contributed by atoms with van der Waals surface area (Å²) in [5.41, 5.74) is 0.417. The Kier molecular flexibility index (Phi) is 5.46. The van der Waals surface area contributed by atoms with Crippen LogP contribution >= 0.6 is 0 Å². The molecule has 0 aromatic heterocycles. The van der Waals surface area contributed by atoms with E-state index >= 15 is 0 Å². The van der Waals surface area contributed by atoms with E-state index in [4.69, 9.17) is 4.74 Å². The Morgan fingerprint density at radius 1 is 1.22 bits per heavy atom. The van der Waals surface area contributed by atoms with Crippen molar-refractivity contribution in [2.75, 3.05) is 32.8 Å². The molecule has 0 amide bonds. The highest BCUT2D eigenvalue weighted by molar-refractivity contribution is 4.95. The number of hydrogen-bond acceptors (Lipinski definition) is 3. The molecule has 106 valence electrons. The summed E-state index contributed by atoms with van der Waals surface area (Å²) in [7, 11) is 0. The van der Waals surface area contributed by atoms with E-state index in [1.165, 1.54) is 58.2 Å².